The molecule has 172 valence electrons. The number of rotatable bonds is 8. The van der Waals surface area contributed by atoms with Crippen molar-refractivity contribution in [3.63, 3.8) is 0 Å². The van der Waals surface area contributed by atoms with Gasteiger partial charge in [0.25, 0.3) is 5.91 Å². The van der Waals surface area contributed by atoms with Crippen molar-refractivity contribution in [2.45, 2.75) is 24.3 Å². The Morgan fingerprint density at radius 2 is 1.84 bits per heavy atom. The van der Waals surface area contributed by atoms with E-state index in [4.69, 9.17) is 16.3 Å². The third kappa shape index (κ3) is 6.38. The number of halogens is 1. The minimum Gasteiger partial charge on any atom is -0.452 e. The van der Waals surface area contributed by atoms with Crippen molar-refractivity contribution in [3.05, 3.63) is 47.7 Å². The van der Waals surface area contributed by atoms with Gasteiger partial charge in [-0.25, -0.2) is 23.1 Å². The van der Waals surface area contributed by atoms with Gasteiger partial charge in [0.05, 0.1) is 11.3 Å². The number of aromatic nitrogens is 2. The monoisotopic (exact) mass is 481 g/mol. The largest absolute Gasteiger partial charge is 0.452 e. The number of piperazine rings is 1. The molecule has 10 nitrogen and oxygen atoms in total. The number of amides is 1. The van der Waals surface area contributed by atoms with Gasteiger partial charge in [-0.15, -0.1) is 0 Å². The highest BCUT2D eigenvalue weighted by atomic mass is 35.5. The van der Waals surface area contributed by atoms with E-state index in [1.54, 1.807) is 29.4 Å². The Morgan fingerprint density at radius 1 is 1.16 bits per heavy atom. The summed E-state index contributed by atoms with van der Waals surface area (Å²) in [6.45, 7) is 3.40. The van der Waals surface area contributed by atoms with Crippen LogP contribution in [-0.2, 0) is 24.3 Å². The number of carbonyl (C=O) groups excluding carboxylic acids is 2. The first-order chi connectivity index (χ1) is 15.3. The van der Waals surface area contributed by atoms with Crippen molar-refractivity contribution in [2.75, 3.05) is 37.6 Å². The number of ether oxygens (including phenoxy) is 1. The van der Waals surface area contributed by atoms with Crippen LogP contribution in [0.1, 0.15) is 13.3 Å². The number of nitrogens with zero attached hydrogens (tertiary/aromatic N) is 4. The van der Waals surface area contributed by atoms with Crippen molar-refractivity contribution in [1.82, 2.24) is 19.6 Å². The lowest BCUT2D eigenvalue weighted by Crippen LogP contribution is -2.52. The fourth-order valence-corrected chi connectivity index (χ4v) is 4.48. The van der Waals surface area contributed by atoms with Gasteiger partial charge in [-0.3, -0.25) is 9.59 Å². The minimum absolute atomic E-state index is 0.00181. The summed E-state index contributed by atoms with van der Waals surface area (Å²) in [4.78, 5) is 36.7. The Kier molecular flexibility index (Phi) is 7.99. The SMILES string of the molecule is CC(OC(=O)CCNS(=O)(=O)c1cccc(Cl)c1)C(=O)N1CCN(c2ncccn2)CC1. The van der Waals surface area contributed by atoms with E-state index in [1.807, 2.05) is 4.90 Å². The molecule has 2 aromatic rings. The summed E-state index contributed by atoms with van der Waals surface area (Å²) in [6, 6.07) is 7.53. The second-order valence-electron chi connectivity index (χ2n) is 7.10. The van der Waals surface area contributed by atoms with E-state index in [0.29, 0.717) is 32.1 Å². The van der Waals surface area contributed by atoms with Crippen molar-refractivity contribution >= 4 is 39.4 Å². The molecule has 1 N–H and O–H groups in total. The van der Waals surface area contributed by atoms with Gasteiger partial charge in [0, 0.05) is 50.1 Å². The number of hydrogen-bond donors (Lipinski definition) is 1. The molecule has 32 heavy (non-hydrogen) atoms. The number of carbonyl (C=O) groups is 2. The van der Waals surface area contributed by atoms with Gasteiger partial charge in [0.15, 0.2) is 6.10 Å². The Morgan fingerprint density at radius 3 is 2.50 bits per heavy atom. The standard InChI is InChI=1S/C20H24ClN5O5S/c1-15(19(28)25-10-12-26(13-11-25)20-22-7-3-8-23-20)31-18(27)6-9-24-32(29,30)17-5-2-4-16(21)14-17/h2-5,7-8,14-15,24H,6,9-13H2,1H3. The molecule has 0 radical (unpaired) electrons. The smallest absolute Gasteiger partial charge is 0.307 e. The number of esters is 1. The predicted molar refractivity (Wildman–Crippen MR) is 118 cm³/mol. The van der Waals surface area contributed by atoms with Gasteiger partial charge in [0.2, 0.25) is 16.0 Å². The second kappa shape index (κ2) is 10.7. The number of benzene rings is 1. The average Bonchev–Trinajstić information content (AvgIpc) is 2.79. The maximum absolute atomic E-state index is 12.6. The summed E-state index contributed by atoms with van der Waals surface area (Å²) >= 11 is 5.81. The van der Waals surface area contributed by atoms with Crippen LogP contribution < -0.4 is 9.62 Å². The molecule has 1 atom stereocenters. The van der Waals surface area contributed by atoms with Crippen molar-refractivity contribution in [1.29, 1.82) is 0 Å². The summed E-state index contributed by atoms with van der Waals surface area (Å²) < 4.78 is 32.0. The topological polar surface area (TPSA) is 122 Å². The molecule has 1 aromatic carbocycles. The molecule has 2 heterocycles. The summed E-state index contributed by atoms with van der Waals surface area (Å²) in [5.74, 6) is -0.359. The first-order valence-corrected chi connectivity index (χ1v) is 11.9. The van der Waals surface area contributed by atoms with E-state index in [9.17, 15) is 18.0 Å². The number of sulfonamides is 1. The molecule has 1 fully saturated rings. The third-order valence-corrected chi connectivity index (χ3v) is 6.50. The number of anilines is 1. The molecule has 12 heteroatoms. The summed E-state index contributed by atoms with van der Waals surface area (Å²) in [7, 11) is -3.80. The van der Waals surface area contributed by atoms with Crippen LogP contribution in [0.25, 0.3) is 0 Å². The molecule has 1 unspecified atom stereocenters. The van der Waals surface area contributed by atoms with Crippen LogP contribution in [0.2, 0.25) is 5.02 Å². The maximum Gasteiger partial charge on any atom is 0.307 e. The molecular weight excluding hydrogens is 458 g/mol. The van der Waals surface area contributed by atoms with Crippen molar-refractivity contribution in [3.8, 4) is 0 Å². The van der Waals surface area contributed by atoms with Gasteiger partial charge in [-0.1, -0.05) is 17.7 Å². The quantitative estimate of drug-likeness (QED) is 0.556. The van der Waals surface area contributed by atoms with Crippen LogP contribution >= 0.6 is 11.6 Å². The van der Waals surface area contributed by atoms with E-state index in [1.165, 1.54) is 25.1 Å². The van der Waals surface area contributed by atoms with Crippen molar-refractivity contribution < 1.29 is 22.7 Å². The van der Waals surface area contributed by atoms with E-state index in [2.05, 4.69) is 14.7 Å². The Balaban J connectivity index is 1.42. The molecule has 1 aliphatic heterocycles. The molecule has 1 aliphatic rings. The Hall–Kier alpha value is -2.76. The summed E-state index contributed by atoms with van der Waals surface area (Å²) in [6.07, 6.45) is 2.15. The van der Waals surface area contributed by atoms with Crippen LogP contribution in [0.4, 0.5) is 5.95 Å². The highest BCUT2D eigenvalue weighted by Crippen LogP contribution is 2.15. The molecular formula is C20H24ClN5O5S. The fraction of sp³-hybridized carbons (Fsp3) is 0.400. The van der Waals surface area contributed by atoms with Crippen LogP contribution in [0, 0.1) is 0 Å². The zero-order valence-electron chi connectivity index (χ0n) is 17.5. The minimum atomic E-state index is -3.80. The molecule has 1 saturated heterocycles. The van der Waals surface area contributed by atoms with Crippen LogP contribution in [0.3, 0.4) is 0 Å². The fourth-order valence-electron chi connectivity index (χ4n) is 3.15. The number of hydrogen-bond acceptors (Lipinski definition) is 8. The van der Waals surface area contributed by atoms with Crippen molar-refractivity contribution in [2.24, 2.45) is 0 Å². The Bertz CT molecular complexity index is 1050. The molecule has 0 aliphatic carbocycles. The summed E-state index contributed by atoms with van der Waals surface area (Å²) in [5.41, 5.74) is 0. The van der Waals surface area contributed by atoms with Crippen LogP contribution in [0.15, 0.2) is 47.6 Å². The Labute approximate surface area is 191 Å². The average molecular weight is 482 g/mol. The molecule has 1 aromatic heterocycles. The van der Waals surface area contributed by atoms with Crippen LogP contribution in [0.5, 0.6) is 0 Å². The second-order valence-corrected chi connectivity index (χ2v) is 9.30. The molecule has 0 spiro atoms. The molecule has 0 saturated carbocycles. The first-order valence-electron chi connectivity index (χ1n) is 10.0. The highest BCUT2D eigenvalue weighted by molar-refractivity contribution is 7.89. The zero-order chi connectivity index (χ0) is 23.1. The van der Waals surface area contributed by atoms with Gasteiger partial charge in [-0.05, 0) is 31.2 Å². The van der Waals surface area contributed by atoms with E-state index in [0.717, 1.165) is 0 Å². The van der Waals surface area contributed by atoms with Gasteiger partial charge >= 0.3 is 5.97 Å². The normalized spacial score (nSPS) is 15.3. The first kappa shape index (κ1) is 23.9. The van der Waals surface area contributed by atoms with E-state index >= 15 is 0 Å². The zero-order valence-corrected chi connectivity index (χ0v) is 19.1. The van der Waals surface area contributed by atoms with E-state index < -0.39 is 22.1 Å². The number of nitrogens with one attached hydrogen (secondary N) is 1. The van der Waals surface area contributed by atoms with E-state index in [-0.39, 0.29) is 28.8 Å². The van der Waals surface area contributed by atoms with Gasteiger partial charge < -0.3 is 14.5 Å². The lowest BCUT2D eigenvalue weighted by atomic mass is 10.2. The highest BCUT2D eigenvalue weighted by Gasteiger charge is 2.28. The predicted octanol–water partition coefficient (Wildman–Crippen LogP) is 1.08. The van der Waals surface area contributed by atoms with Gasteiger partial charge in [0.1, 0.15) is 0 Å². The third-order valence-electron chi connectivity index (χ3n) is 4.81. The van der Waals surface area contributed by atoms with Crippen LogP contribution in [-0.4, -0.2) is 74.0 Å². The molecule has 1 amide bonds. The molecule has 3 rings (SSSR count). The maximum atomic E-state index is 12.6. The lowest BCUT2D eigenvalue weighted by Gasteiger charge is -2.35. The molecule has 0 bridgehead atoms. The lowest BCUT2D eigenvalue weighted by molar-refractivity contribution is -0.159. The van der Waals surface area contributed by atoms with Gasteiger partial charge in [-0.2, -0.15) is 0 Å². The summed E-state index contributed by atoms with van der Waals surface area (Å²) in [5, 5.41) is 0.289.